The first kappa shape index (κ1) is 10.7. The van der Waals surface area contributed by atoms with Crippen LogP contribution in [0.25, 0.3) is 0 Å². The van der Waals surface area contributed by atoms with Crippen molar-refractivity contribution in [1.29, 1.82) is 0 Å². The van der Waals surface area contributed by atoms with Gasteiger partial charge in [-0.2, -0.15) is 0 Å². The number of rotatable bonds is 1. The topological polar surface area (TPSA) is 69.2 Å². The highest BCUT2D eigenvalue weighted by Crippen LogP contribution is 2.23. The van der Waals surface area contributed by atoms with Gasteiger partial charge in [0.1, 0.15) is 5.69 Å². The van der Waals surface area contributed by atoms with Crippen LogP contribution in [-0.4, -0.2) is 4.92 Å². The summed E-state index contributed by atoms with van der Waals surface area (Å²) in [6, 6.07) is 4.74. The van der Waals surface area contributed by atoms with Gasteiger partial charge >= 0.3 is 0 Å². The predicted molar refractivity (Wildman–Crippen MR) is 49.5 cm³/mol. The molecule has 0 aromatic heterocycles. The molecule has 1 aromatic carbocycles. The third-order valence-corrected chi connectivity index (χ3v) is 1.50. The highest BCUT2D eigenvalue weighted by atomic mass is 35.5. The molecule has 0 atom stereocenters. The van der Waals surface area contributed by atoms with Crippen LogP contribution in [0.1, 0.15) is 5.56 Å². The number of benzene rings is 1. The summed E-state index contributed by atoms with van der Waals surface area (Å²) in [6.07, 6.45) is 0. The smallest absolute Gasteiger partial charge is 0.292 e. The minimum Gasteiger partial charge on any atom is -0.393 e. The number of hydrogen-bond acceptors (Lipinski definition) is 3. The number of hydrogen-bond donors (Lipinski definition) is 1. The van der Waals surface area contributed by atoms with Crippen molar-refractivity contribution in [1.82, 2.24) is 0 Å². The Morgan fingerprint density at radius 2 is 2.08 bits per heavy atom. The van der Waals surface area contributed by atoms with Crippen molar-refractivity contribution in [3.63, 3.8) is 0 Å². The zero-order chi connectivity index (χ0) is 8.43. The molecule has 12 heavy (non-hydrogen) atoms. The van der Waals surface area contributed by atoms with Gasteiger partial charge < -0.3 is 5.73 Å². The lowest BCUT2D eigenvalue weighted by Gasteiger charge is -1.98. The molecule has 0 aliphatic carbocycles. The molecule has 5 heteroatoms. The maximum Gasteiger partial charge on any atom is 0.292 e. The third kappa shape index (κ3) is 1.85. The third-order valence-electron chi connectivity index (χ3n) is 1.50. The summed E-state index contributed by atoms with van der Waals surface area (Å²) in [5, 5.41) is 10.3. The normalized spacial score (nSPS) is 8.75. The molecule has 0 aliphatic heterocycles. The Balaban J connectivity index is 0.00000121. The Labute approximate surface area is 75.9 Å². The van der Waals surface area contributed by atoms with Gasteiger partial charge in [-0.15, -0.1) is 12.4 Å². The maximum absolute atomic E-state index is 10.3. The molecular formula is C7H9ClN2O2. The van der Waals surface area contributed by atoms with Crippen molar-refractivity contribution in [3.05, 3.63) is 33.9 Å². The van der Waals surface area contributed by atoms with Crippen molar-refractivity contribution in [2.45, 2.75) is 6.92 Å². The van der Waals surface area contributed by atoms with Crippen molar-refractivity contribution in [2.24, 2.45) is 0 Å². The number of anilines is 1. The molecule has 0 bridgehead atoms. The van der Waals surface area contributed by atoms with Crippen molar-refractivity contribution in [2.75, 3.05) is 5.73 Å². The lowest BCUT2D eigenvalue weighted by atomic mass is 10.2. The molecule has 0 saturated heterocycles. The van der Waals surface area contributed by atoms with Crippen molar-refractivity contribution >= 4 is 23.8 Å². The van der Waals surface area contributed by atoms with E-state index in [2.05, 4.69) is 0 Å². The second kappa shape index (κ2) is 3.92. The van der Waals surface area contributed by atoms with Crippen molar-refractivity contribution in [3.8, 4) is 0 Å². The summed E-state index contributed by atoms with van der Waals surface area (Å²) in [5.74, 6) is 0. The van der Waals surface area contributed by atoms with E-state index >= 15 is 0 Å². The first-order valence-corrected chi connectivity index (χ1v) is 3.12. The molecule has 0 unspecified atom stereocenters. The molecule has 0 saturated carbocycles. The molecule has 0 spiro atoms. The van der Waals surface area contributed by atoms with E-state index in [1.807, 2.05) is 0 Å². The molecule has 0 amide bonds. The summed E-state index contributed by atoms with van der Waals surface area (Å²) >= 11 is 0. The zero-order valence-corrected chi connectivity index (χ0v) is 7.30. The minimum absolute atomic E-state index is 0. The van der Waals surface area contributed by atoms with Crippen molar-refractivity contribution < 1.29 is 4.92 Å². The lowest BCUT2D eigenvalue weighted by Crippen LogP contribution is -1.96. The molecule has 66 valence electrons. The number of nitrogens with two attached hydrogens (primary N) is 1. The van der Waals surface area contributed by atoms with E-state index in [1.165, 1.54) is 6.07 Å². The highest BCUT2D eigenvalue weighted by Gasteiger charge is 2.10. The monoisotopic (exact) mass is 188 g/mol. The second-order valence-corrected chi connectivity index (χ2v) is 2.26. The first-order chi connectivity index (χ1) is 5.13. The largest absolute Gasteiger partial charge is 0.393 e. The number of nitro groups is 1. The summed E-state index contributed by atoms with van der Waals surface area (Å²) in [7, 11) is 0. The number of aryl methyl sites for hydroxylation is 1. The van der Waals surface area contributed by atoms with Crippen LogP contribution in [-0.2, 0) is 0 Å². The van der Waals surface area contributed by atoms with E-state index in [1.54, 1.807) is 19.1 Å². The SMILES string of the molecule is Cc1cccc([N+](=O)[O-])c1N.Cl. The van der Waals surface area contributed by atoms with Crippen LogP contribution in [0, 0.1) is 17.0 Å². The standard InChI is InChI=1S/C7H8N2O2.ClH/c1-5-3-2-4-6(7(5)8)9(10)11;/h2-4H,8H2,1H3;1H. The number of halogens is 1. The quantitative estimate of drug-likeness (QED) is 0.416. The van der Waals surface area contributed by atoms with Crippen LogP contribution in [0.5, 0.6) is 0 Å². The molecule has 4 nitrogen and oxygen atoms in total. The second-order valence-electron chi connectivity index (χ2n) is 2.26. The van der Waals surface area contributed by atoms with Crippen LogP contribution < -0.4 is 5.73 Å². The number of nitrogens with zero attached hydrogens (tertiary/aromatic N) is 1. The van der Waals surface area contributed by atoms with Crippen LogP contribution in [0.15, 0.2) is 18.2 Å². The predicted octanol–water partition coefficient (Wildman–Crippen LogP) is 1.91. The molecule has 0 aliphatic rings. The van der Waals surface area contributed by atoms with E-state index in [0.717, 1.165) is 5.56 Å². The maximum atomic E-state index is 10.3. The van der Waals surface area contributed by atoms with E-state index in [0.29, 0.717) is 0 Å². The Morgan fingerprint density at radius 3 is 2.50 bits per heavy atom. The van der Waals surface area contributed by atoms with Gasteiger partial charge in [0, 0.05) is 6.07 Å². The number of nitro benzene ring substituents is 1. The summed E-state index contributed by atoms with van der Waals surface area (Å²) in [4.78, 5) is 9.82. The molecule has 0 fully saturated rings. The van der Waals surface area contributed by atoms with Crippen LogP contribution in [0.4, 0.5) is 11.4 Å². The zero-order valence-electron chi connectivity index (χ0n) is 6.48. The first-order valence-electron chi connectivity index (χ1n) is 3.12. The van der Waals surface area contributed by atoms with E-state index in [9.17, 15) is 10.1 Å². The Morgan fingerprint density at radius 1 is 1.50 bits per heavy atom. The molecule has 1 rings (SSSR count). The van der Waals surface area contributed by atoms with Gasteiger partial charge in [0.05, 0.1) is 4.92 Å². The van der Waals surface area contributed by atoms with Gasteiger partial charge in [-0.25, -0.2) is 0 Å². The van der Waals surface area contributed by atoms with E-state index in [4.69, 9.17) is 5.73 Å². The van der Waals surface area contributed by atoms with Crippen LogP contribution >= 0.6 is 12.4 Å². The molecular weight excluding hydrogens is 180 g/mol. The Bertz CT molecular complexity index is 301. The van der Waals surface area contributed by atoms with Gasteiger partial charge in [-0.1, -0.05) is 12.1 Å². The number of nitrogen functional groups attached to an aromatic ring is 1. The summed E-state index contributed by atoms with van der Waals surface area (Å²) < 4.78 is 0. The summed E-state index contributed by atoms with van der Waals surface area (Å²) in [5.41, 5.74) is 6.40. The summed E-state index contributed by atoms with van der Waals surface area (Å²) in [6.45, 7) is 1.74. The van der Waals surface area contributed by atoms with E-state index in [-0.39, 0.29) is 23.8 Å². The fourth-order valence-electron chi connectivity index (χ4n) is 0.824. The van der Waals surface area contributed by atoms with Crippen LogP contribution in [0.2, 0.25) is 0 Å². The Hall–Kier alpha value is -1.29. The fourth-order valence-corrected chi connectivity index (χ4v) is 0.824. The average molecular weight is 189 g/mol. The number of para-hydroxylation sites is 1. The van der Waals surface area contributed by atoms with Crippen LogP contribution in [0.3, 0.4) is 0 Å². The fraction of sp³-hybridized carbons (Fsp3) is 0.143. The molecule has 1 aromatic rings. The van der Waals surface area contributed by atoms with Gasteiger partial charge in [-0.3, -0.25) is 10.1 Å². The average Bonchev–Trinajstić information content (AvgIpc) is 1.94. The molecule has 0 heterocycles. The molecule has 2 N–H and O–H groups in total. The Kier molecular flexibility index (Phi) is 3.50. The minimum atomic E-state index is -0.484. The molecule has 0 radical (unpaired) electrons. The lowest BCUT2D eigenvalue weighted by molar-refractivity contribution is -0.383. The van der Waals surface area contributed by atoms with Gasteiger partial charge in [-0.05, 0) is 12.5 Å². The van der Waals surface area contributed by atoms with Gasteiger partial charge in [0.25, 0.3) is 5.69 Å². The van der Waals surface area contributed by atoms with E-state index < -0.39 is 4.92 Å². The highest BCUT2D eigenvalue weighted by molar-refractivity contribution is 5.85. The van der Waals surface area contributed by atoms with Gasteiger partial charge in [0.2, 0.25) is 0 Å². The van der Waals surface area contributed by atoms with Gasteiger partial charge in [0.15, 0.2) is 0 Å².